The first-order valence-corrected chi connectivity index (χ1v) is 10.2. The fourth-order valence-corrected chi connectivity index (χ4v) is 3.63. The van der Waals surface area contributed by atoms with E-state index in [0.29, 0.717) is 12.8 Å². The maximum atomic E-state index is 12.0. The minimum Gasteiger partial charge on any atom is -0.329 e. The lowest BCUT2D eigenvalue weighted by atomic mass is 10.1. The Hall–Kier alpha value is -2.51. The third kappa shape index (κ3) is 5.10. The lowest BCUT2D eigenvalue weighted by Crippen LogP contribution is -2.38. The van der Waals surface area contributed by atoms with E-state index in [1.807, 2.05) is 81.0 Å². The molecule has 1 atom stereocenters. The smallest absolute Gasteiger partial charge is 0.234 e. The van der Waals surface area contributed by atoms with Crippen LogP contribution in [-0.4, -0.2) is 31.6 Å². The Morgan fingerprint density at radius 3 is 2.52 bits per heavy atom. The third-order valence-corrected chi connectivity index (χ3v) is 5.08. The predicted molar refractivity (Wildman–Crippen MR) is 116 cm³/mol. The van der Waals surface area contributed by atoms with E-state index in [4.69, 9.17) is 4.84 Å². The van der Waals surface area contributed by atoms with Crippen molar-refractivity contribution < 1.29 is 9.63 Å². The molecule has 0 fully saturated rings. The zero-order chi connectivity index (χ0) is 21.0. The van der Waals surface area contributed by atoms with Crippen molar-refractivity contribution in [3.8, 4) is 11.3 Å². The topological polar surface area (TPSA) is 60.2 Å². The van der Waals surface area contributed by atoms with Crippen molar-refractivity contribution in [2.45, 2.75) is 38.8 Å². The van der Waals surface area contributed by atoms with Crippen LogP contribution in [-0.2, 0) is 23.1 Å². The third-order valence-electron chi connectivity index (χ3n) is 4.39. The van der Waals surface area contributed by atoms with E-state index < -0.39 is 11.6 Å². The van der Waals surface area contributed by atoms with Gasteiger partial charge in [-0.2, -0.15) is 0 Å². The Morgan fingerprint density at radius 1 is 1.17 bits per heavy atom. The van der Waals surface area contributed by atoms with Crippen LogP contribution in [0.4, 0.5) is 0 Å². The predicted octanol–water partition coefficient (Wildman–Crippen LogP) is 4.72. The van der Waals surface area contributed by atoms with E-state index in [-0.39, 0.29) is 0 Å². The molecule has 0 saturated heterocycles. The average molecular weight is 457 g/mol. The first kappa shape index (κ1) is 21.2. The Bertz CT molecular complexity index is 966. The molecule has 0 aliphatic heterocycles. The molecule has 0 aliphatic carbocycles. The summed E-state index contributed by atoms with van der Waals surface area (Å²) in [4.78, 5) is 27.0. The van der Waals surface area contributed by atoms with Crippen LogP contribution in [0.15, 0.2) is 59.3 Å². The summed E-state index contributed by atoms with van der Waals surface area (Å²) in [7, 11) is 1.95. The largest absolute Gasteiger partial charge is 0.329 e. The molecule has 0 bridgehead atoms. The molecular formula is C22H25BrN4O2. The van der Waals surface area contributed by atoms with Crippen molar-refractivity contribution >= 4 is 22.3 Å². The number of benzene rings is 1. The number of aromatic nitrogens is 3. The molecule has 7 heteroatoms. The van der Waals surface area contributed by atoms with Crippen molar-refractivity contribution in [2.75, 3.05) is 0 Å². The minimum atomic E-state index is -0.528. The van der Waals surface area contributed by atoms with E-state index in [0.717, 1.165) is 27.2 Å². The van der Waals surface area contributed by atoms with Crippen LogP contribution >= 0.6 is 15.9 Å². The molecule has 0 N–H and O–H groups in total. The number of hydroxylamine groups is 2. The Balaban J connectivity index is 2.04. The van der Waals surface area contributed by atoms with Gasteiger partial charge in [0.1, 0.15) is 11.9 Å². The van der Waals surface area contributed by atoms with Crippen LogP contribution in [0.5, 0.6) is 0 Å². The van der Waals surface area contributed by atoms with Gasteiger partial charge in [-0.3, -0.25) is 14.6 Å². The zero-order valence-electron chi connectivity index (χ0n) is 17.0. The van der Waals surface area contributed by atoms with Gasteiger partial charge in [0.2, 0.25) is 6.41 Å². The molecule has 1 amide bonds. The quantitative estimate of drug-likeness (QED) is 0.381. The van der Waals surface area contributed by atoms with Gasteiger partial charge in [0.25, 0.3) is 0 Å². The van der Waals surface area contributed by atoms with Crippen LogP contribution in [0.1, 0.15) is 38.3 Å². The molecule has 29 heavy (non-hydrogen) atoms. The summed E-state index contributed by atoms with van der Waals surface area (Å²) >= 11 is 3.61. The first-order valence-electron chi connectivity index (χ1n) is 9.39. The van der Waals surface area contributed by atoms with Crippen LogP contribution < -0.4 is 0 Å². The van der Waals surface area contributed by atoms with E-state index in [2.05, 4.69) is 25.9 Å². The molecule has 6 nitrogen and oxygen atoms in total. The van der Waals surface area contributed by atoms with E-state index >= 15 is 0 Å². The number of rotatable bonds is 7. The number of hydrogen-bond acceptors (Lipinski definition) is 4. The summed E-state index contributed by atoms with van der Waals surface area (Å²) in [6.45, 7) is 5.73. The SMILES string of the molecule is Cn1c(-c2ccccc2Br)cnc1[C@H](Cc1ccccn1)N(C=O)OC(C)(C)C. The van der Waals surface area contributed by atoms with Crippen LogP contribution in [0.2, 0.25) is 0 Å². The van der Waals surface area contributed by atoms with Gasteiger partial charge in [-0.05, 0) is 39.0 Å². The molecule has 3 rings (SSSR count). The molecule has 0 spiro atoms. The van der Waals surface area contributed by atoms with E-state index in [1.165, 1.54) is 5.06 Å². The molecule has 1 aromatic carbocycles. The maximum absolute atomic E-state index is 12.0. The number of hydrogen-bond donors (Lipinski definition) is 0. The highest BCUT2D eigenvalue weighted by atomic mass is 79.9. The van der Waals surface area contributed by atoms with Gasteiger partial charge in [-0.1, -0.05) is 40.2 Å². The number of halogens is 1. The monoisotopic (exact) mass is 456 g/mol. The standard InChI is InChI=1S/C22H25BrN4O2/c1-22(2,3)29-27(15-28)19(13-16-9-7-8-12-24-16)21-25-14-20(26(21)4)17-10-5-6-11-18(17)23/h5-12,14-15,19H,13H2,1-4H3/t19-/m0/s1. The second kappa shape index (κ2) is 8.88. The summed E-state index contributed by atoms with van der Waals surface area (Å²) in [5.74, 6) is 0.720. The van der Waals surface area contributed by atoms with Crippen molar-refractivity contribution in [3.63, 3.8) is 0 Å². The van der Waals surface area contributed by atoms with Crippen molar-refractivity contribution in [2.24, 2.45) is 7.05 Å². The highest BCUT2D eigenvalue weighted by molar-refractivity contribution is 9.10. The van der Waals surface area contributed by atoms with Crippen molar-refractivity contribution in [3.05, 3.63) is 70.8 Å². The molecule has 2 heterocycles. The van der Waals surface area contributed by atoms with Crippen molar-refractivity contribution in [1.29, 1.82) is 0 Å². The molecule has 2 aromatic heterocycles. The van der Waals surface area contributed by atoms with Crippen LogP contribution in [0.25, 0.3) is 11.3 Å². The van der Waals surface area contributed by atoms with Gasteiger partial charge in [-0.15, -0.1) is 0 Å². The van der Waals surface area contributed by atoms with Gasteiger partial charge in [0, 0.05) is 35.4 Å². The molecule has 0 radical (unpaired) electrons. The number of amides is 1. The molecular weight excluding hydrogens is 432 g/mol. The second-order valence-corrected chi connectivity index (χ2v) is 8.60. The summed E-state index contributed by atoms with van der Waals surface area (Å²) in [6, 6.07) is 13.3. The maximum Gasteiger partial charge on any atom is 0.234 e. The van der Waals surface area contributed by atoms with Gasteiger partial charge >= 0.3 is 0 Å². The second-order valence-electron chi connectivity index (χ2n) is 7.75. The Labute approximate surface area is 179 Å². The zero-order valence-corrected chi connectivity index (χ0v) is 18.6. The number of carbonyl (C=O) groups excluding carboxylic acids is 1. The first-order chi connectivity index (χ1) is 13.8. The summed E-state index contributed by atoms with van der Waals surface area (Å²) in [6.07, 6.45) is 4.76. The number of pyridine rings is 1. The van der Waals surface area contributed by atoms with Gasteiger partial charge in [-0.25, -0.2) is 10.0 Å². The molecule has 0 unspecified atom stereocenters. The number of imidazole rings is 1. The Morgan fingerprint density at radius 2 is 1.90 bits per heavy atom. The number of nitrogens with zero attached hydrogens (tertiary/aromatic N) is 4. The lowest BCUT2D eigenvalue weighted by Gasteiger charge is -2.32. The summed E-state index contributed by atoms with van der Waals surface area (Å²) < 4.78 is 2.98. The average Bonchev–Trinajstić information content (AvgIpc) is 3.06. The number of carbonyl (C=O) groups is 1. The fourth-order valence-electron chi connectivity index (χ4n) is 3.14. The van der Waals surface area contributed by atoms with Gasteiger partial charge in [0.15, 0.2) is 0 Å². The van der Waals surface area contributed by atoms with E-state index in [9.17, 15) is 4.79 Å². The molecule has 0 saturated carbocycles. The van der Waals surface area contributed by atoms with Crippen LogP contribution in [0, 0.1) is 0 Å². The highest BCUT2D eigenvalue weighted by Crippen LogP contribution is 2.32. The summed E-state index contributed by atoms with van der Waals surface area (Å²) in [5.41, 5.74) is 2.30. The normalized spacial score (nSPS) is 12.6. The van der Waals surface area contributed by atoms with Gasteiger partial charge < -0.3 is 4.57 Å². The molecule has 152 valence electrons. The van der Waals surface area contributed by atoms with Crippen molar-refractivity contribution in [1.82, 2.24) is 19.6 Å². The lowest BCUT2D eigenvalue weighted by molar-refractivity contribution is -0.235. The fraction of sp³-hybridized carbons (Fsp3) is 0.318. The van der Waals surface area contributed by atoms with Crippen LogP contribution in [0.3, 0.4) is 0 Å². The minimum absolute atomic E-state index is 0.428. The summed E-state index contributed by atoms with van der Waals surface area (Å²) in [5, 5.41) is 1.35. The molecule has 3 aromatic rings. The van der Waals surface area contributed by atoms with Gasteiger partial charge in [0.05, 0.1) is 17.5 Å². The molecule has 0 aliphatic rings. The Kier molecular flexibility index (Phi) is 6.49. The highest BCUT2D eigenvalue weighted by Gasteiger charge is 2.29. The van der Waals surface area contributed by atoms with E-state index in [1.54, 1.807) is 6.20 Å².